The van der Waals surface area contributed by atoms with Crippen molar-refractivity contribution < 1.29 is 9.90 Å². The summed E-state index contributed by atoms with van der Waals surface area (Å²) in [6.07, 6.45) is 6.65. The normalized spacial score (nSPS) is 35.9. The van der Waals surface area contributed by atoms with Gasteiger partial charge in [-0.1, -0.05) is 19.8 Å². The Morgan fingerprint density at radius 1 is 1.35 bits per heavy atom. The first-order valence-corrected chi connectivity index (χ1v) is 6.96. The monoisotopic (exact) mass is 239 g/mol. The van der Waals surface area contributed by atoms with Gasteiger partial charge in [-0.2, -0.15) is 0 Å². The third-order valence-corrected chi connectivity index (χ3v) is 5.18. The summed E-state index contributed by atoms with van der Waals surface area (Å²) in [5.41, 5.74) is -0.611. The molecule has 2 aliphatic carbocycles. The molecule has 98 valence electrons. The van der Waals surface area contributed by atoms with Gasteiger partial charge in [0.05, 0.1) is 0 Å². The Morgan fingerprint density at radius 3 is 2.47 bits per heavy atom. The van der Waals surface area contributed by atoms with E-state index in [1.165, 1.54) is 19.3 Å². The number of carboxylic acid groups (broad SMARTS) is 1. The minimum absolute atomic E-state index is 0.264. The van der Waals surface area contributed by atoms with Gasteiger partial charge >= 0.3 is 5.97 Å². The lowest BCUT2D eigenvalue weighted by Gasteiger charge is -2.48. The van der Waals surface area contributed by atoms with Crippen LogP contribution in [0.2, 0.25) is 0 Å². The van der Waals surface area contributed by atoms with Crippen molar-refractivity contribution in [2.75, 3.05) is 7.05 Å². The Morgan fingerprint density at radius 2 is 2.00 bits per heavy atom. The van der Waals surface area contributed by atoms with E-state index in [1.54, 1.807) is 0 Å². The number of hydrogen-bond acceptors (Lipinski definition) is 2. The maximum atomic E-state index is 11.8. The van der Waals surface area contributed by atoms with E-state index in [4.69, 9.17) is 0 Å². The Balaban J connectivity index is 2.22. The molecule has 0 aromatic rings. The number of nitrogens with zero attached hydrogens (tertiary/aromatic N) is 1. The van der Waals surface area contributed by atoms with E-state index in [1.807, 2.05) is 7.05 Å². The minimum Gasteiger partial charge on any atom is -0.480 e. The number of rotatable bonds is 4. The van der Waals surface area contributed by atoms with E-state index in [9.17, 15) is 9.90 Å². The van der Waals surface area contributed by atoms with Gasteiger partial charge in [0, 0.05) is 6.04 Å². The maximum absolute atomic E-state index is 11.8. The number of hydrogen-bond donors (Lipinski definition) is 1. The SMILES string of the molecule is CC(C1CC1)N(C)C1(C(=O)O)CCCCC1C. The Labute approximate surface area is 104 Å². The van der Waals surface area contributed by atoms with Crippen molar-refractivity contribution in [2.24, 2.45) is 11.8 Å². The summed E-state index contributed by atoms with van der Waals surface area (Å²) in [6, 6.07) is 0.409. The van der Waals surface area contributed by atoms with Crippen molar-refractivity contribution >= 4 is 5.97 Å². The topological polar surface area (TPSA) is 40.5 Å². The molecule has 2 fully saturated rings. The lowest BCUT2D eigenvalue weighted by molar-refractivity contribution is -0.159. The number of likely N-dealkylation sites (N-methyl/N-ethyl adjacent to an activating group) is 1. The number of carbonyl (C=O) groups is 1. The lowest BCUT2D eigenvalue weighted by atomic mass is 9.72. The highest BCUT2D eigenvalue weighted by Crippen LogP contribution is 2.43. The van der Waals surface area contributed by atoms with Crippen molar-refractivity contribution in [1.29, 1.82) is 0 Å². The molecule has 3 unspecified atom stereocenters. The first kappa shape index (κ1) is 12.9. The van der Waals surface area contributed by atoms with Crippen LogP contribution in [0.25, 0.3) is 0 Å². The minimum atomic E-state index is -0.611. The largest absolute Gasteiger partial charge is 0.480 e. The van der Waals surface area contributed by atoms with Crippen LogP contribution in [-0.4, -0.2) is 34.6 Å². The predicted molar refractivity (Wildman–Crippen MR) is 67.9 cm³/mol. The van der Waals surface area contributed by atoms with Crippen molar-refractivity contribution in [2.45, 2.75) is 64.0 Å². The molecular weight excluding hydrogens is 214 g/mol. The van der Waals surface area contributed by atoms with Gasteiger partial charge in [0.1, 0.15) is 5.54 Å². The van der Waals surface area contributed by atoms with Crippen LogP contribution >= 0.6 is 0 Å². The molecule has 0 aromatic carbocycles. The van der Waals surface area contributed by atoms with Gasteiger partial charge in [-0.3, -0.25) is 9.69 Å². The van der Waals surface area contributed by atoms with Gasteiger partial charge < -0.3 is 5.11 Å². The van der Waals surface area contributed by atoms with Crippen molar-refractivity contribution in [3.8, 4) is 0 Å². The summed E-state index contributed by atoms with van der Waals surface area (Å²) in [6.45, 7) is 4.31. The molecule has 3 atom stereocenters. The van der Waals surface area contributed by atoms with Gasteiger partial charge in [-0.25, -0.2) is 0 Å². The molecule has 0 aliphatic heterocycles. The van der Waals surface area contributed by atoms with E-state index in [0.29, 0.717) is 6.04 Å². The van der Waals surface area contributed by atoms with Crippen LogP contribution in [0, 0.1) is 11.8 Å². The first-order chi connectivity index (χ1) is 8.00. The summed E-state index contributed by atoms with van der Waals surface area (Å²) in [4.78, 5) is 14.0. The molecule has 17 heavy (non-hydrogen) atoms. The molecule has 2 aliphatic rings. The molecular formula is C14H25NO2. The van der Waals surface area contributed by atoms with Gasteiger partial charge in [0.15, 0.2) is 0 Å². The molecule has 3 heteroatoms. The second-order valence-electron chi connectivity index (χ2n) is 6.07. The fraction of sp³-hybridized carbons (Fsp3) is 0.929. The summed E-state index contributed by atoms with van der Waals surface area (Å²) in [5.74, 6) is 0.380. The molecule has 0 amide bonds. The van der Waals surface area contributed by atoms with Crippen LogP contribution in [0.4, 0.5) is 0 Å². The number of aliphatic carboxylic acids is 1. The summed E-state index contributed by atoms with van der Waals surface area (Å²) in [7, 11) is 2.03. The lowest BCUT2D eigenvalue weighted by Crippen LogP contribution is -2.61. The highest BCUT2D eigenvalue weighted by atomic mass is 16.4. The second kappa shape index (κ2) is 4.60. The zero-order valence-electron chi connectivity index (χ0n) is 11.3. The van der Waals surface area contributed by atoms with Crippen LogP contribution < -0.4 is 0 Å². The summed E-state index contributed by atoms with van der Waals surface area (Å²) < 4.78 is 0. The first-order valence-electron chi connectivity index (χ1n) is 6.96. The summed E-state index contributed by atoms with van der Waals surface area (Å²) >= 11 is 0. The van der Waals surface area contributed by atoms with Gasteiger partial charge in [-0.15, -0.1) is 0 Å². The molecule has 3 nitrogen and oxygen atoms in total. The van der Waals surface area contributed by atoms with Crippen LogP contribution in [0.5, 0.6) is 0 Å². The van der Waals surface area contributed by atoms with Crippen molar-refractivity contribution in [1.82, 2.24) is 4.90 Å². The van der Waals surface area contributed by atoms with E-state index in [-0.39, 0.29) is 5.92 Å². The highest BCUT2D eigenvalue weighted by molar-refractivity contribution is 5.79. The Hall–Kier alpha value is -0.570. The van der Waals surface area contributed by atoms with Crippen LogP contribution in [0.1, 0.15) is 52.4 Å². The van der Waals surface area contributed by atoms with Gasteiger partial charge in [0.25, 0.3) is 0 Å². The number of carboxylic acids is 1. The van der Waals surface area contributed by atoms with E-state index < -0.39 is 11.5 Å². The Bertz CT molecular complexity index is 301. The van der Waals surface area contributed by atoms with Gasteiger partial charge in [0.2, 0.25) is 0 Å². The van der Waals surface area contributed by atoms with Crippen molar-refractivity contribution in [3.63, 3.8) is 0 Å². The third kappa shape index (κ3) is 2.10. The molecule has 0 aromatic heterocycles. The predicted octanol–water partition coefficient (Wildman–Crippen LogP) is 2.75. The highest BCUT2D eigenvalue weighted by Gasteiger charge is 2.51. The van der Waals surface area contributed by atoms with E-state index in [2.05, 4.69) is 18.7 Å². The standard InChI is InChI=1S/C14H25NO2/c1-10-6-4-5-9-14(10,13(16)17)15(3)11(2)12-7-8-12/h10-12H,4-9H2,1-3H3,(H,16,17). The zero-order valence-corrected chi connectivity index (χ0v) is 11.3. The molecule has 0 spiro atoms. The molecule has 2 saturated carbocycles. The molecule has 0 bridgehead atoms. The average molecular weight is 239 g/mol. The molecule has 0 saturated heterocycles. The molecule has 2 rings (SSSR count). The second-order valence-corrected chi connectivity index (χ2v) is 6.07. The zero-order chi connectivity index (χ0) is 12.6. The Kier molecular flexibility index (Phi) is 3.48. The fourth-order valence-corrected chi connectivity index (χ4v) is 3.58. The molecule has 0 radical (unpaired) electrons. The average Bonchev–Trinajstić information content (AvgIpc) is 3.11. The van der Waals surface area contributed by atoms with Crippen LogP contribution in [0.15, 0.2) is 0 Å². The smallest absolute Gasteiger partial charge is 0.324 e. The third-order valence-electron chi connectivity index (χ3n) is 5.18. The van der Waals surface area contributed by atoms with E-state index >= 15 is 0 Å². The van der Waals surface area contributed by atoms with Crippen LogP contribution in [0.3, 0.4) is 0 Å². The van der Waals surface area contributed by atoms with Gasteiger partial charge in [-0.05, 0) is 51.5 Å². The quantitative estimate of drug-likeness (QED) is 0.820. The molecule has 0 heterocycles. The van der Waals surface area contributed by atoms with E-state index in [0.717, 1.165) is 25.2 Å². The van der Waals surface area contributed by atoms with Crippen LogP contribution in [-0.2, 0) is 4.79 Å². The van der Waals surface area contributed by atoms with Crippen molar-refractivity contribution in [3.05, 3.63) is 0 Å². The maximum Gasteiger partial charge on any atom is 0.324 e. The molecule has 1 N–H and O–H groups in total. The summed E-state index contributed by atoms with van der Waals surface area (Å²) in [5, 5.41) is 9.74. The fourth-order valence-electron chi connectivity index (χ4n) is 3.58.